The molecule has 3 aliphatic rings. The van der Waals surface area contributed by atoms with E-state index in [-0.39, 0.29) is 17.9 Å². The van der Waals surface area contributed by atoms with Crippen LogP contribution in [-0.4, -0.2) is 52.1 Å². The standard InChI is InChI=1S/C23H25N3O4/c1-14-4-5-15(2)16(10-14)11-26-13-23-8-6-18(29-23)19(20(23)22(26)28)21(27)25(3)12-17-7-9-24-30-17/h4-10,18-20H,11-13H2,1-3H3/t18-,19-,20+,23-/m0/s1. The van der Waals surface area contributed by atoms with Crippen LogP contribution in [0, 0.1) is 25.7 Å². The van der Waals surface area contributed by atoms with E-state index in [0.717, 1.165) is 11.1 Å². The summed E-state index contributed by atoms with van der Waals surface area (Å²) in [4.78, 5) is 30.2. The van der Waals surface area contributed by atoms with E-state index in [1.165, 1.54) is 5.56 Å². The van der Waals surface area contributed by atoms with Gasteiger partial charge >= 0.3 is 0 Å². The maximum absolute atomic E-state index is 13.4. The molecular weight excluding hydrogens is 382 g/mol. The van der Waals surface area contributed by atoms with Gasteiger partial charge in [0.1, 0.15) is 5.60 Å². The average Bonchev–Trinajstić information content (AvgIpc) is 3.47. The van der Waals surface area contributed by atoms with Gasteiger partial charge in [-0.15, -0.1) is 0 Å². The SMILES string of the molecule is Cc1ccc(C)c(CN2C[C@]34C=C[C@H](O3)[C@H](C(=O)N(C)Cc3ccno3)[C@@H]4C2=O)c1. The zero-order valence-electron chi connectivity index (χ0n) is 17.4. The highest BCUT2D eigenvalue weighted by molar-refractivity contribution is 5.93. The van der Waals surface area contributed by atoms with Crippen LogP contribution >= 0.6 is 0 Å². The fourth-order valence-corrected chi connectivity index (χ4v) is 5.06. The summed E-state index contributed by atoms with van der Waals surface area (Å²) >= 11 is 0. The average molecular weight is 407 g/mol. The number of fused-ring (bicyclic) bond motifs is 1. The summed E-state index contributed by atoms with van der Waals surface area (Å²) in [5.74, 6) is -0.500. The molecule has 2 aromatic rings. The molecule has 2 amide bonds. The fourth-order valence-electron chi connectivity index (χ4n) is 5.06. The van der Waals surface area contributed by atoms with Gasteiger partial charge in [0.25, 0.3) is 0 Å². The lowest BCUT2D eigenvalue weighted by Crippen LogP contribution is -2.44. The summed E-state index contributed by atoms with van der Waals surface area (Å²) in [6, 6.07) is 8.01. The highest BCUT2D eigenvalue weighted by Gasteiger charge is 2.67. The van der Waals surface area contributed by atoms with Crippen LogP contribution in [0.25, 0.3) is 0 Å². The number of ether oxygens (including phenoxy) is 1. The van der Waals surface area contributed by atoms with Crippen molar-refractivity contribution in [3.8, 4) is 0 Å². The number of aromatic nitrogens is 1. The first-order valence-corrected chi connectivity index (χ1v) is 10.2. The van der Waals surface area contributed by atoms with Gasteiger partial charge in [-0.1, -0.05) is 41.1 Å². The van der Waals surface area contributed by atoms with E-state index < -0.39 is 17.4 Å². The Labute approximate surface area is 175 Å². The molecule has 1 spiro atoms. The minimum Gasteiger partial charge on any atom is -0.360 e. The number of aryl methyl sites for hydroxylation is 2. The Morgan fingerprint density at radius 1 is 1.33 bits per heavy atom. The van der Waals surface area contributed by atoms with Gasteiger partial charge in [-0.25, -0.2) is 0 Å². The second-order valence-electron chi connectivity index (χ2n) is 8.70. The van der Waals surface area contributed by atoms with Crippen molar-refractivity contribution >= 4 is 11.8 Å². The maximum Gasteiger partial charge on any atom is 0.230 e. The second-order valence-corrected chi connectivity index (χ2v) is 8.70. The minimum atomic E-state index is -0.702. The molecule has 0 N–H and O–H groups in total. The van der Waals surface area contributed by atoms with Crippen molar-refractivity contribution in [3.05, 3.63) is 65.1 Å². The Bertz CT molecular complexity index is 1030. The number of hydrogen-bond donors (Lipinski definition) is 0. The smallest absolute Gasteiger partial charge is 0.230 e. The molecule has 2 saturated heterocycles. The molecule has 5 rings (SSSR count). The third-order valence-electron chi connectivity index (χ3n) is 6.59. The van der Waals surface area contributed by atoms with Crippen molar-refractivity contribution in [1.82, 2.24) is 15.0 Å². The molecule has 4 atom stereocenters. The molecular formula is C23H25N3O4. The van der Waals surface area contributed by atoms with Crippen LogP contribution in [0.2, 0.25) is 0 Å². The van der Waals surface area contributed by atoms with Crippen LogP contribution in [0.1, 0.15) is 22.5 Å². The lowest BCUT2D eigenvalue weighted by atomic mass is 9.76. The second kappa shape index (κ2) is 6.80. The monoisotopic (exact) mass is 407 g/mol. The van der Waals surface area contributed by atoms with Gasteiger partial charge in [-0.2, -0.15) is 0 Å². The predicted octanol–water partition coefficient (Wildman–Crippen LogP) is 2.23. The van der Waals surface area contributed by atoms with Crippen LogP contribution in [0.5, 0.6) is 0 Å². The predicted molar refractivity (Wildman–Crippen MR) is 108 cm³/mol. The van der Waals surface area contributed by atoms with E-state index in [1.807, 2.05) is 17.1 Å². The molecule has 0 radical (unpaired) electrons. The number of carbonyl (C=O) groups excluding carboxylic acids is 2. The normalized spacial score (nSPS) is 29.0. The molecule has 1 aromatic carbocycles. The lowest BCUT2D eigenvalue weighted by molar-refractivity contribution is -0.143. The van der Waals surface area contributed by atoms with Crippen molar-refractivity contribution < 1.29 is 18.8 Å². The number of nitrogens with zero attached hydrogens (tertiary/aromatic N) is 3. The van der Waals surface area contributed by atoms with Gasteiger partial charge < -0.3 is 19.1 Å². The van der Waals surface area contributed by atoms with E-state index in [0.29, 0.717) is 25.4 Å². The third-order valence-corrected chi connectivity index (χ3v) is 6.59. The summed E-state index contributed by atoms with van der Waals surface area (Å²) in [7, 11) is 1.72. The first kappa shape index (κ1) is 19.1. The molecule has 30 heavy (non-hydrogen) atoms. The number of likely N-dealkylation sites (tertiary alicyclic amines) is 1. The molecule has 2 bridgehead atoms. The van der Waals surface area contributed by atoms with Gasteiger partial charge in [0.05, 0.1) is 37.2 Å². The Morgan fingerprint density at radius 3 is 2.93 bits per heavy atom. The van der Waals surface area contributed by atoms with Gasteiger partial charge in [0.2, 0.25) is 11.8 Å². The van der Waals surface area contributed by atoms with Crippen molar-refractivity contribution in [2.45, 2.75) is 38.6 Å². The highest BCUT2D eigenvalue weighted by Crippen LogP contribution is 2.52. The summed E-state index contributed by atoms with van der Waals surface area (Å²) in [6.45, 7) is 5.43. The van der Waals surface area contributed by atoms with Crippen molar-refractivity contribution in [3.63, 3.8) is 0 Å². The van der Waals surface area contributed by atoms with Crippen LogP contribution in [0.3, 0.4) is 0 Å². The van der Waals surface area contributed by atoms with Gasteiger partial charge in [0.15, 0.2) is 5.76 Å². The van der Waals surface area contributed by atoms with Crippen LogP contribution in [-0.2, 0) is 27.4 Å². The summed E-state index contributed by atoms with van der Waals surface area (Å²) in [5, 5.41) is 3.69. The summed E-state index contributed by atoms with van der Waals surface area (Å²) < 4.78 is 11.4. The molecule has 3 aliphatic heterocycles. The summed E-state index contributed by atoms with van der Waals surface area (Å²) in [5.41, 5.74) is 2.75. The molecule has 0 unspecified atom stereocenters. The quantitative estimate of drug-likeness (QED) is 0.711. The summed E-state index contributed by atoms with van der Waals surface area (Å²) in [6.07, 6.45) is 5.13. The molecule has 4 heterocycles. The number of benzene rings is 1. The van der Waals surface area contributed by atoms with E-state index >= 15 is 0 Å². The molecule has 7 nitrogen and oxygen atoms in total. The third kappa shape index (κ3) is 2.88. The topological polar surface area (TPSA) is 75.9 Å². The molecule has 156 valence electrons. The van der Waals surface area contributed by atoms with Crippen molar-refractivity contribution in [2.75, 3.05) is 13.6 Å². The Kier molecular flexibility index (Phi) is 4.32. The zero-order valence-corrected chi connectivity index (χ0v) is 17.4. The molecule has 2 fully saturated rings. The molecule has 0 saturated carbocycles. The van der Waals surface area contributed by atoms with Gasteiger partial charge in [-0.3, -0.25) is 9.59 Å². The lowest BCUT2D eigenvalue weighted by Gasteiger charge is -2.27. The zero-order chi connectivity index (χ0) is 21.0. The fraction of sp³-hybridized carbons (Fsp3) is 0.435. The van der Waals surface area contributed by atoms with E-state index in [4.69, 9.17) is 9.26 Å². The minimum absolute atomic E-state index is 0.00540. The van der Waals surface area contributed by atoms with Crippen LogP contribution in [0.15, 0.2) is 47.1 Å². The van der Waals surface area contributed by atoms with Crippen molar-refractivity contribution in [2.24, 2.45) is 11.8 Å². The Hall–Kier alpha value is -2.93. The first-order valence-electron chi connectivity index (χ1n) is 10.2. The number of amides is 2. The molecule has 1 aromatic heterocycles. The molecule has 0 aliphatic carbocycles. The van der Waals surface area contributed by atoms with Crippen molar-refractivity contribution in [1.29, 1.82) is 0 Å². The maximum atomic E-state index is 13.4. The van der Waals surface area contributed by atoms with Crippen LogP contribution in [0.4, 0.5) is 0 Å². The largest absolute Gasteiger partial charge is 0.360 e. The first-order chi connectivity index (χ1) is 14.4. The number of carbonyl (C=O) groups is 2. The Balaban J connectivity index is 1.38. The molecule has 7 heteroatoms. The van der Waals surface area contributed by atoms with E-state index in [9.17, 15) is 9.59 Å². The highest BCUT2D eigenvalue weighted by atomic mass is 16.5. The Morgan fingerprint density at radius 2 is 2.17 bits per heavy atom. The van der Waals surface area contributed by atoms with Gasteiger partial charge in [-0.05, 0) is 25.0 Å². The van der Waals surface area contributed by atoms with E-state index in [1.54, 1.807) is 24.2 Å². The van der Waals surface area contributed by atoms with Crippen LogP contribution < -0.4 is 0 Å². The number of hydrogen-bond acceptors (Lipinski definition) is 5. The van der Waals surface area contributed by atoms with E-state index in [2.05, 4.69) is 37.2 Å². The number of rotatable bonds is 5. The van der Waals surface area contributed by atoms with Gasteiger partial charge in [0, 0.05) is 19.7 Å².